The lowest BCUT2D eigenvalue weighted by Gasteiger charge is -2.10. The molecule has 92 valence electrons. The molecule has 0 bridgehead atoms. The maximum atomic E-state index is 11.5. The molecule has 0 unspecified atom stereocenters. The molecular weight excluding hydrogens is 222 g/mol. The molecule has 0 aliphatic heterocycles. The van der Waals surface area contributed by atoms with Crippen LogP contribution >= 0.6 is 0 Å². The SMILES string of the molecule is CCc1cc[n+](/C(C(=O)OC)=C(/[O-])OC)cc1. The third-order valence-electron chi connectivity index (χ3n) is 2.32. The predicted molar refractivity (Wildman–Crippen MR) is 58.3 cm³/mol. The van der Waals surface area contributed by atoms with Gasteiger partial charge in [0.2, 0.25) is 0 Å². The Hall–Kier alpha value is -2.04. The fraction of sp³-hybridized carbons (Fsp3) is 0.333. The third-order valence-corrected chi connectivity index (χ3v) is 2.32. The zero-order valence-electron chi connectivity index (χ0n) is 10.1. The number of pyridine rings is 1. The minimum atomic E-state index is -0.730. The molecule has 1 aromatic rings. The predicted octanol–water partition coefficient (Wildman–Crippen LogP) is -0.158. The first-order valence-electron chi connectivity index (χ1n) is 5.18. The molecule has 0 fully saturated rings. The minimum absolute atomic E-state index is 0.169. The van der Waals surface area contributed by atoms with Crippen molar-refractivity contribution < 1.29 is 23.9 Å². The Morgan fingerprint density at radius 2 is 1.88 bits per heavy atom. The number of esters is 1. The number of rotatable bonds is 4. The van der Waals surface area contributed by atoms with Crippen molar-refractivity contribution in [3.05, 3.63) is 36.0 Å². The van der Waals surface area contributed by atoms with Gasteiger partial charge in [-0.1, -0.05) is 6.92 Å². The lowest BCUT2D eigenvalue weighted by Crippen LogP contribution is -2.39. The number of methoxy groups -OCH3 is 2. The van der Waals surface area contributed by atoms with Gasteiger partial charge in [-0.15, -0.1) is 0 Å². The third kappa shape index (κ3) is 2.96. The van der Waals surface area contributed by atoms with Gasteiger partial charge in [0.05, 0.1) is 7.11 Å². The summed E-state index contributed by atoms with van der Waals surface area (Å²) in [5.41, 5.74) is 0.938. The molecule has 0 atom stereocenters. The van der Waals surface area contributed by atoms with E-state index >= 15 is 0 Å². The number of carbonyl (C=O) groups excluding carboxylic acids is 1. The molecule has 0 aliphatic carbocycles. The van der Waals surface area contributed by atoms with E-state index in [-0.39, 0.29) is 5.70 Å². The van der Waals surface area contributed by atoms with E-state index in [0.717, 1.165) is 12.0 Å². The van der Waals surface area contributed by atoms with E-state index in [0.29, 0.717) is 0 Å². The van der Waals surface area contributed by atoms with Crippen molar-refractivity contribution >= 4 is 11.7 Å². The van der Waals surface area contributed by atoms with Gasteiger partial charge in [-0.25, -0.2) is 4.79 Å². The number of hydrogen-bond donors (Lipinski definition) is 0. The van der Waals surface area contributed by atoms with Crippen LogP contribution in [0.25, 0.3) is 5.70 Å². The number of carbonyl (C=O) groups is 1. The highest BCUT2D eigenvalue weighted by atomic mass is 16.6. The van der Waals surface area contributed by atoms with Gasteiger partial charge in [0.15, 0.2) is 12.4 Å². The van der Waals surface area contributed by atoms with Crippen LogP contribution in [0, 0.1) is 0 Å². The molecule has 0 N–H and O–H groups in total. The van der Waals surface area contributed by atoms with Gasteiger partial charge in [-0.2, -0.15) is 4.57 Å². The minimum Gasteiger partial charge on any atom is -0.612 e. The maximum Gasteiger partial charge on any atom is 0.405 e. The van der Waals surface area contributed by atoms with Gasteiger partial charge in [0.25, 0.3) is 0 Å². The van der Waals surface area contributed by atoms with Crippen molar-refractivity contribution in [3.8, 4) is 0 Å². The van der Waals surface area contributed by atoms with Crippen LogP contribution in [0.5, 0.6) is 0 Å². The van der Waals surface area contributed by atoms with Crippen LogP contribution in [0.2, 0.25) is 0 Å². The summed E-state index contributed by atoms with van der Waals surface area (Å²) in [4.78, 5) is 11.5. The summed E-state index contributed by atoms with van der Waals surface area (Å²) in [7, 11) is 2.43. The van der Waals surface area contributed by atoms with Gasteiger partial charge in [-0.3, -0.25) is 0 Å². The van der Waals surface area contributed by atoms with E-state index in [2.05, 4.69) is 9.47 Å². The van der Waals surface area contributed by atoms with Gasteiger partial charge in [-0.05, 0) is 19.1 Å². The summed E-state index contributed by atoms with van der Waals surface area (Å²) >= 11 is 0. The Morgan fingerprint density at radius 3 is 2.29 bits per heavy atom. The second-order valence-electron chi connectivity index (χ2n) is 3.30. The normalized spacial score (nSPS) is 11.7. The Bertz CT molecular complexity index is 423. The standard InChI is InChI=1S/C12H15NO4/c1-4-9-5-7-13(8-6-9)10(11(14)16-2)12(15)17-3/h5-8H,4H2,1-3H3. The molecular formula is C12H15NO4. The number of aryl methyl sites for hydroxylation is 1. The van der Waals surface area contributed by atoms with E-state index in [1.807, 2.05) is 19.1 Å². The second kappa shape index (κ2) is 5.89. The molecule has 5 heteroatoms. The van der Waals surface area contributed by atoms with Crippen LogP contribution < -0.4 is 9.67 Å². The summed E-state index contributed by atoms with van der Waals surface area (Å²) in [5, 5.41) is 11.5. The number of hydrogen-bond acceptors (Lipinski definition) is 4. The smallest absolute Gasteiger partial charge is 0.405 e. The molecule has 5 nitrogen and oxygen atoms in total. The van der Waals surface area contributed by atoms with Crippen LogP contribution in [0.4, 0.5) is 0 Å². The van der Waals surface area contributed by atoms with Gasteiger partial charge in [0.1, 0.15) is 5.95 Å². The van der Waals surface area contributed by atoms with Crippen molar-refractivity contribution in [1.29, 1.82) is 0 Å². The van der Waals surface area contributed by atoms with E-state index in [1.165, 1.54) is 18.8 Å². The number of ether oxygens (including phenoxy) is 2. The maximum absolute atomic E-state index is 11.5. The molecule has 0 spiro atoms. The lowest BCUT2D eigenvalue weighted by molar-refractivity contribution is -0.586. The summed E-state index contributed by atoms with van der Waals surface area (Å²) in [5.74, 6) is -1.46. The van der Waals surface area contributed by atoms with Crippen molar-refractivity contribution in [2.75, 3.05) is 14.2 Å². The first kappa shape index (κ1) is 13.0. The average molecular weight is 237 g/mol. The van der Waals surface area contributed by atoms with E-state index in [4.69, 9.17) is 0 Å². The Morgan fingerprint density at radius 1 is 1.29 bits per heavy atom. The Kier molecular flexibility index (Phi) is 4.51. The Labute approximate surface area is 99.9 Å². The first-order chi connectivity index (χ1) is 8.13. The van der Waals surface area contributed by atoms with Crippen LogP contribution in [0.3, 0.4) is 0 Å². The summed E-state index contributed by atoms with van der Waals surface area (Å²) < 4.78 is 10.5. The largest absolute Gasteiger partial charge is 0.612 e. The van der Waals surface area contributed by atoms with Crippen molar-refractivity contribution in [3.63, 3.8) is 0 Å². The summed E-state index contributed by atoms with van der Waals surface area (Å²) in [6.45, 7) is 2.02. The van der Waals surface area contributed by atoms with Crippen molar-refractivity contribution in [1.82, 2.24) is 0 Å². The lowest BCUT2D eigenvalue weighted by atomic mass is 10.2. The number of aromatic nitrogens is 1. The molecule has 1 aromatic heterocycles. The van der Waals surface area contributed by atoms with Crippen LogP contribution in [0.15, 0.2) is 30.5 Å². The summed E-state index contributed by atoms with van der Waals surface area (Å²) in [6, 6.07) is 3.65. The monoisotopic (exact) mass is 237 g/mol. The van der Waals surface area contributed by atoms with E-state index in [1.54, 1.807) is 12.4 Å². The van der Waals surface area contributed by atoms with Crippen LogP contribution in [0.1, 0.15) is 12.5 Å². The second-order valence-corrected chi connectivity index (χ2v) is 3.30. The molecule has 0 aliphatic rings. The molecule has 0 aromatic carbocycles. The molecule has 0 saturated heterocycles. The molecule has 1 heterocycles. The van der Waals surface area contributed by atoms with Gasteiger partial charge >= 0.3 is 11.7 Å². The zero-order valence-corrected chi connectivity index (χ0v) is 10.1. The quantitative estimate of drug-likeness (QED) is 0.316. The zero-order chi connectivity index (χ0) is 12.8. The van der Waals surface area contributed by atoms with Gasteiger partial charge in [0, 0.05) is 12.1 Å². The average Bonchev–Trinajstić information content (AvgIpc) is 2.39. The number of nitrogens with zero attached hydrogens (tertiary/aromatic N) is 1. The highest BCUT2D eigenvalue weighted by Crippen LogP contribution is 2.03. The summed E-state index contributed by atoms with van der Waals surface area (Å²) in [6.07, 6.45) is 4.14. The molecule has 0 radical (unpaired) electrons. The Balaban J connectivity index is 3.18. The van der Waals surface area contributed by atoms with Crippen LogP contribution in [-0.2, 0) is 20.7 Å². The molecule has 1 rings (SSSR count). The molecule has 0 amide bonds. The van der Waals surface area contributed by atoms with E-state index in [9.17, 15) is 9.90 Å². The highest BCUT2D eigenvalue weighted by molar-refractivity contribution is 6.06. The topological polar surface area (TPSA) is 62.5 Å². The fourth-order valence-corrected chi connectivity index (χ4v) is 1.33. The fourth-order valence-electron chi connectivity index (χ4n) is 1.33. The van der Waals surface area contributed by atoms with E-state index < -0.39 is 11.9 Å². The molecule has 0 saturated carbocycles. The molecule has 17 heavy (non-hydrogen) atoms. The first-order valence-corrected chi connectivity index (χ1v) is 5.18. The highest BCUT2D eigenvalue weighted by Gasteiger charge is 2.23. The van der Waals surface area contributed by atoms with Crippen LogP contribution in [-0.4, -0.2) is 20.2 Å². The van der Waals surface area contributed by atoms with Crippen molar-refractivity contribution in [2.45, 2.75) is 13.3 Å². The van der Waals surface area contributed by atoms with Crippen molar-refractivity contribution in [2.24, 2.45) is 0 Å². The van der Waals surface area contributed by atoms with Gasteiger partial charge < -0.3 is 14.6 Å².